The minimum absolute atomic E-state index is 0.0928. The summed E-state index contributed by atoms with van der Waals surface area (Å²) in [6.07, 6.45) is 5.57. The lowest BCUT2D eigenvalue weighted by molar-refractivity contribution is 0.108. The van der Waals surface area contributed by atoms with Gasteiger partial charge in [-0.3, -0.25) is 0 Å². The van der Waals surface area contributed by atoms with Crippen molar-refractivity contribution >= 4 is 0 Å². The molecule has 1 aliphatic carbocycles. The molecule has 0 bridgehead atoms. The monoisotopic (exact) mass is 245 g/mol. The summed E-state index contributed by atoms with van der Waals surface area (Å²) in [4.78, 5) is 4.04. The van der Waals surface area contributed by atoms with Gasteiger partial charge in [-0.2, -0.15) is 5.26 Å². The van der Waals surface area contributed by atoms with Crippen molar-refractivity contribution in [3.05, 3.63) is 29.6 Å². The fourth-order valence-corrected chi connectivity index (χ4v) is 2.44. The summed E-state index contributed by atoms with van der Waals surface area (Å²) >= 11 is 0. The number of nitrogens with zero attached hydrogens (tertiary/aromatic N) is 2. The summed E-state index contributed by atoms with van der Waals surface area (Å²) in [5.74, 6) is 0.649. The van der Waals surface area contributed by atoms with Crippen molar-refractivity contribution in [2.24, 2.45) is 5.92 Å². The van der Waals surface area contributed by atoms with E-state index in [4.69, 9.17) is 5.26 Å². The predicted molar refractivity (Wildman–Crippen MR) is 68.6 cm³/mol. The van der Waals surface area contributed by atoms with Crippen LogP contribution in [0.5, 0.6) is 0 Å². The molecule has 4 heteroatoms. The second-order valence-electron chi connectivity index (χ2n) is 4.93. The van der Waals surface area contributed by atoms with Crippen molar-refractivity contribution in [2.45, 2.75) is 38.3 Å². The molecule has 18 heavy (non-hydrogen) atoms. The molecule has 96 valence electrons. The molecule has 2 rings (SSSR count). The molecule has 1 fully saturated rings. The highest BCUT2D eigenvalue weighted by Gasteiger charge is 2.18. The Morgan fingerprint density at radius 1 is 1.39 bits per heavy atom. The summed E-state index contributed by atoms with van der Waals surface area (Å²) < 4.78 is 0. The molecule has 1 aromatic heterocycles. The Labute approximate surface area is 108 Å². The van der Waals surface area contributed by atoms with Crippen LogP contribution in [0.25, 0.3) is 0 Å². The maximum atomic E-state index is 9.43. The zero-order valence-electron chi connectivity index (χ0n) is 10.5. The number of aliphatic hydroxyl groups is 1. The van der Waals surface area contributed by atoms with Crippen LogP contribution in [0.3, 0.4) is 0 Å². The van der Waals surface area contributed by atoms with E-state index < -0.39 is 0 Å². The van der Waals surface area contributed by atoms with E-state index in [0.717, 1.165) is 37.8 Å². The van der Waals surface area contributed by atoms with Crippen LogP contribution in [0.1, 0.15) is 36.9 Å². The van der Waals surface area contributed by atoms with E-state index in [-0.39, 0.29) is 6.10 Å². The number of rotatable bonds is 4. The lowest BCUT2D eigenvalue weighted by Gasteiger charge is -2.25. The van der Waals surface area contributed by atoms with E-state index >= 15 is 0 Å². The first-order valence-corrected chi connectivity index (χ1v) is 6.52. The van der Waals surface area contributed by atoms with Crippen molar-refractivity contribution in [1.29, 1.82) is 5.26 Å². The molecule has 0 radical (unpaired) electrons. The molecule has 1 aromatic rings. The van der Waals surface area contributed by atoms with E-state index in [2.05, 4.69) is 16.4 Å². The first-order valence-electron chi connectivity index (χ1n) is 6.52. The molecule has 0 aliphatic heterocycles. The predicted octanol–water partition coefficient (Wildman–Crippen LogP) is 1.59. The first-order chi connectivity index (χ1) is 8.79. The Kier molecular flexibility index (Phi) is 4.68. The standard InChI is InChI=1S/C14H19N3O/c15-8-14-12(2-1-7-17-14)10-16-9-11-3-5-13(18)6-4-11/h1-2,7,11,13,16,18H,3-6,9-10H2. The Morgan fingerprint density at radius 3 is 2.89 bits per heavy atom. The molecular weight excluding hydrogens is 226 g/mol. The molecule has 1 heterocycles. The minimum atomic E-state index is -0.0928. The molecule has 1 aliphatic rings. The van der Waals surface area contributed by atoms with Gasteiger partial charge in [-0.25, -0.2) is 4.98 Å². The fraction of sp³-hybridized carbons (Fsp3) is 0.571. The van der Waals surface area contributed by atoms with Gasteiger partial charge in [0, 0.05) is 18.3 Å². The molecule has 2 N–H and O–H groups in total. The van der Waals surface area contributed by atoms with Crippen molar-refractivity contribution in [1.82, 2.24) is 10.3 Å². The number of hydrogen-bond acceptors (Lipinski definition) is 4. The third-order valence-electron chi connectivity index (χ3n) is 3.56. The quantitative estimate of drug-likeness (QED) is 0.845. The van der Waals surface area contributed by atoms with Gasteiger partial charge < -0.3 is 10.4 Å². The highest BCUT2D eigenvalue weighted by Crippen LogP contribution is 2.23. The van der Waals surface area contributed by atoms with Crippen molar-refractivity contribution < 1.29 is 5.11 Å². The second kappa shape index (κ2) is 6.48. The molecule has 0 aromatic carbocycles. The third-order valence-corrected chi connectivity index (χ3v) is 3.56. The number of nitrogens with one attached hydrogen (secondary N) is 1. The molecule has 0 unspecified atom stereocenters. The Bertz CT molecular complexity index is 419. The Hall–Kier alpha value is -1.44. The summed E-state index contributed by atoms with van der Waals surface area (Å²) in [7, 11) is 0. The van der Waals surface area contributed by atoms with Gasteiger partial charge in [-0.15, -0.1) is 0 Å². The molecule has 0 spiro atoms. The number of hydrogen-bond donors (Lipinski definition) is 2. The largest absolute Gasteiger partial charge is 0.393 e. The maximum absolute atomic E-state index is 9.43. The minimum Gasteiger partial charge on any atom is -0.393 e. The second-order valence-corrected chi connectivity index (χ2v) is 4.93. The van der Waals surface area contributed by atoms with Gasteiger partial charge in [0.15, 0.2) is 0 Å². The zero-order valence-corrected chi connectivity index (χ0v) is 10.5. The smallest absolute Gasteiger partial charge is 0.144 e. The van der Waals surface area contributed by atoms with Gasteiger partial charge in [0.2, 0.25) is 0 Å². The van der Waals surface area contributed by atoms with E-state index in [9.17, 15) is 5.11 Å². The molecule has 0 saturated heterocycles. The van der Waals surface area contributed by atoms with Crippen molar-refractivity contribution in [3.63, 3.8) is 0 Å². The number of nitriles is 1. The number of aliphatic hydroxyl groups excluding tert-OH is 1. The summed E-state index contributed by atoms with van der Waals surface area (Å²) in [6, 6.07) is 5.90. The van der Waals surface area contributed by atoms with Crippen molar-refractivity contribution in [3.8, 4) is 6.07 Å². The lowest BCUT2D eigenvalue weighted by atomic mass is 9.87. The third kappa shape index (κ3) is 3.52. The van der Waals surface area contributed by atoms with Crippen LogP contribution in [0.15, 0.2) is 18.3 Å². The highest BCUT2D eigenvalue weighted by atomic mass is 16.3. The van der Waals surface area contributed by atoms with E-state index in [1.165, 1.54) is 0 Å². The van der Waals surface area contributed by atoms with Gasteiger partial charge in [0.25, 0.3) is 0 Å². The van der Waals surface area contributed by atoms with Crippen LogP contribution in [0.4, 0.5) is 0 Å². The van der Waals surface area contributed by atoms with E-state index in [0.29, 0.717) is 18.2 Å². The molecule has 1 saturated carbocycles. The van der Waals surface area contributed by atoms with Crippen LogP contribution < -0.4 is 5.32 Å². The topological polar surface area (TPSA) is 68.9 Å². The van der Waals surface area contributed by atoms with Gasteiger partial charge in [-0.1, -0.05) is 6.07 Å². The van der Waals surface area contributed by atoms with Gasteiger partial charge >= 0.3 is 0 Å². The first kappa shape index (κ1) is 13.0. The Balaban J connectivity index is 1.77. The SMILES string of the molecule is N#Cc1ncccc1CNCC1CCC(O)CC1. The zero-order chi connectivity index (χ0) is 12.8. The van der Waals surface area contributed by atoms with Crippen LogP contribution >= 0.6 is 0 Å². The summed E-state index contributed by atoms with van der Waals surface area (Å²) in [5.41, 5.74) is 1.46. The lowest BCUT2D eigenvalue weighted by Crippen LogP contribution is -2.28. The van der Waals surface area contributed by atoms with Crippen LogP contribution in [0, 0.1) is 17.2 Å². The number of aromatic nitrogens is 1. The molecule has 0 amide bonds. The van der Waals surface area contributed by atoms with Gasteiger partial charge in [0.1, 0.15) is 11.8 Å². The van der Waals surface area contributed by atoms with Crippen LogP contribution in [-0.4, -0.2) is 22.7 Å². The highest BCUT2D eigenvalue weighted by molar-refractivity contribution is 5.30. The van der Waals surface area contributed by atoms with E-state index in [1.54, 1.807) is 6.20 Å². The fourth-order valence-electron chi connectivity index (χ4n) is 2.44. The van der Waals surface area contributed by atoms with Crippen LogP contribution in [-0.2, 0) is 6.54 Å². The Morgan fingerprint density at radius 2 is 2.17 bits per heavy atom. The van der Waals surface area contributed by atoms with Gasteiger partial charge in [-0.05, 0) is 44.2 Å². The summed E-state index contributed by atoms with van der Waals surface area (Å²) in [5, 5.41) is 21.7. The molecular formula is C14H19N3O. The van der Waals surface area contributed by atoms with Gasteiger partial charge in [0.05, 0.1) is 6.10 Å². The maximum Gasteiger partial charge on any atom is 0.144 e. The average molecular weight is 245 g/mol. The molecule has 0 atom stereocenters. The summed E-state index contributed by atoms with van der Waals surface area (Å²) in [6.45, 7) is 1.64. The average Bonchev–Trinajstić information content (AvgIpc) is 2.41. The normalized spacial score (nSPS) is 23.6. The van der Waals surface area contributed by atoms with E-state index in [1.807, 2.05) is 12.1 Å². The number of pyridine rings is 1. The molecule has 4 nitrogen and oxygen atoms in total. The van der Waals surface area contributed by atoms with Crippen LogP contribution in [0.2, 0.25) is 0 Å². The van der Waals surface area contributed by atoms with Crippen molar-refractivity contribution in [2.75, 3.05) is 6.54 Å².